The zero-order valence-corrected chi connectivity index (χ0v) is 15.6. The molecule has 0 unspecified atom stereocenters. The molecule has 138 valence electrons. The van der Waals surface area contributed by atoms with E-state index in [9.17, 15) is 9.18 Å². The van der Waals surface area contributed by atoms with E-state index in [1.807, 2.05) is 18.2 Å². The van der Waals surface area contributed by atoms with Crippen molar-refractivity contribution in [1.82, 2.24) is 4.90 Å². The Hall–Kier alpha value is -2.52. The lowest BCUT2D eigenvalue weighted by molar-refractivity contribution is 0.103. The fourth-order valence-electron chi connectivity index (χ4n) is 3.99. The van der Waals surface area contributed by atoms with Crippen molar-refractivity contribution in [2.45, 2.75) is 32.2 Å². The van der Waals surface area contributed by atoms with Gasteiger partial charge >= 0.3 is 0 Å². The van der Waals surface area contributed by atoms with E-state index in [4.69, 9.17) is 0 Å². The molecule has 1 aliphatic rings. The number of likely N-dealkylation sites (tertiary alicyclic amines) is 1. The summed E-state index contributed by atoms with van der Waals surface area (Å²) in [7, 11) is 0. The third-order valence-corrected chi connectivity index (χ3v) is 5.63. The van der Waals surface area contributed by atoms with Crippen LogP contribution >= 0.6 is 0 Å². The van der Waals surface area contributed by atoms with Crippen LogP contribution in [0.5, 0.6) is 0 Å². The lowest BCUT2D eigenvalue weighted by atomic mass is 9.98. The molecule has 2 nitrogen and oxygen atoms in total. The molecule has 27 heavy (non-hydrogen) atoms. The van der Waals surface area contributed by atoms with Crippen LogP contribution in [0.2, 0.25) is 0 Å². The largest absolute Gasteiger partial charge is 0.300 e. The zero-order valence-electron chi connectivity index (χ0n) is 15.6. The first kappa shape index (κ1) is 17.9. The van der Waals surface area contributed by atoms with Gasteiger partial charge in [-0.15, -0.1) is 0 Å². The van der Waals surface area contributed by atoms with Gasteiger partial charge in [0.15, 0.2) is 5.78 Å². The standard InChI is InChI=1S/C24H24FNO/c1-17-4-3-12-26(17)13-11-18-7-8-20-15-22(10-9-19(20)14-18)24(27)21-5-2-6-23(25)16-21/h2,5-10,14-17H,3-4,11-13H2,1H3/t17-/m0/s1. The van der Waals surface area contributed by atoms with Crippen molar-refractivity contribution in [2.24, 2.45) is 0 Å². The van der Waals surface area contributed by atoms with Crippen molar-refractivity contribution >= 4 is 16.6 Å². The van der Waals surface area contributed by atoms with Gasteiger partial charge in [-0.1, -0.05) is 42.5 Å². The number of fused-ring (bicyclic) bond motifs is 1. The Morgan fingerprint density at radius 1 is 1.04 bits per heavy atom. The summed E-state index contributed by atoms with van der Waals surface area (Å²) in [6.45, 7) is 4.62. The third kappa shape index (κ3) is 3.93. The summed E-state index contributed by atoms with van der Waals surface area (Å²) in [5, 5.41) is 2.17. The third-order valence-electron chi connectivity index (χ3n) is 5.63. The highest BCUT2D eigenvalue weighted by molar-refractivity contribution is 6.10. The van der Waals surface area contributed by atoms with Crippen LogP contribution in [-0.4, -0.2) is 29.8 Å². The molecular formula is C24H24FNO. The molecule has 3 aromatic carbocycles. The molecule has 0 spiro atoms. The molecule has 0 N–H and O–H groups in total. The van der Waals surface area contributed by atoms with Crippen LogP contribution in [-0.2, 0) is 6.42 Å². The second kappa shape index (κ2) is 7.61. The smallest absolute Gasteiger partial charge is 0.193 e. The van der Waals surface area contributed by atoms with Crippen LogP contribution in [0.15, 0.2) is 60.7 Å². The number of ketones is 1. The van der Waals surface area contributed by atoms with Gasteiger partial charge in [0.25, 0.3) is 0 Å². The number of nitrogens with zero attached hydrogens (tertiary/aromatic N) is 1. The molecule has 0 aromatic heterocycles. The maximum atomic E-state index is 13.4. The highest BCUT2D eigenvalue weighted by atomic mass is 19.1. The average Bonchev–Trinajstić information content (AvgIpc) is 3.10. The normalized spacial score (nSPS) is 17.5. The first-order valence-electron chi connectivity index (χ1n) is 9.67. The number of benzene rings is 3. The lowest BCUT2D eigenvalue weighted by Gasteiger charge is -2.20. The van der Waals surface area contributed by atoms with Gasteiger partial charge in [0, 0.05) is 23.7 Å². The highest BCUT2D eigenvalue weighted by Gasteiger charge is 2.19. The van der Waals surface area contributed by atoms with E-state index in [0.29, 0.717) is 17.2 Å². The topological polar surface area (TPSA) is 20.3 Å². The van der Waals surface area contributed by atoms with E-state index >= 15 is 0 Å². The predicted molar refractivity (Wildman–Crippen MR) is 108 cm³/mol. The van der Waals surface area contributed by atoms with Crippen molar-refractivity contribution in [2.75, 3.05) is 13.1 Å². The molecule has 1 saturated heterocycles. The fourth-order valence-corrected chi connectivity index (χ4v) is 3.99. The maximum Gasteiger partial charge on any atom is 0.193 e. The predicted octanol–water partition coefficient (Wildman–Crippen LogP) is 5.24. The average molecular weight is 361 g/mol. The molecule has 1 heterocycles. The van der Waals surface area contributed by atoms with Crippen LogP contribution in [0.1, 0.15) is 41.3 Å². The maximum absolute atomic E-state index is 13.4. The minimum atomic E-state index is -0.390. The van der Waals surface area contributed by atoms with Gasteiger partial charge in [-0.3, -0.25) is 4.79 Å². The lowest BCUT2D eigenvalue weighted by Crippen LogP contribution is -2.28. The number of carbonyl (C=O) groups excluding carboxylic acids is 1. The number of rotatable bonds is 5. The minimum Gasteiger partial charge on any atom is -0.300 e. The second-order valence-electron chi connectivity index (χ2n) is 7.51. The van der Waals surface area contributed by atoms with Gasteiger partial charge in [0.05, 0.1) is 0 Å². The van der Waals surface area contributed by atoms with E-state index in [1.165, 1.54) is 37.1 Å². The number of halogens is 1. The fraction of sp³-hybridized carbons (Fsp3) is 0.292. The molecule has 0 bridgehead atoms. The molecule has 0 amide bonds. The van der Waals surface area contributed by atoms with E-state index < -0.39 is 5.82 Å². The van der Waals surface area contributed by atoms with Gasteiger partial charge in [0.2, 0.25) is 0 Å². The number of hydrogen-bond acceptors (Lipinski definition) is 2. The van der Waals surface area contributed by atoms with E-state index in [1.54, 1.807) is 12.1 Å². The van der Waals surface area contributed by atoms with Crippen molar-refractivity contribution in [3.05, 3.63) is 83.2 Å². The Morgan fingerprint density at radius 3 is 2.59 bits per heavy atom. The SMILES string of the molecule is C[C@H]1CCCN1CCc1ccc2cc(C(=O)c3cccc(F)c3)ccc2c1. The Balaban J connectivity index is 1.52. The van der Waals surface area contributed by atoms with Gasteiger partial charge in [-0.05, 0) is 67.3 Å². The second-order valence-corrected chi connectivity index (χ2v) is 7.51. The Morgan fingerprint density at radius 2 is 1.81 bits per heavy atom. The molecule has 3 aromatic rings. The van der Waals surface area contributed by atoms with Crippen LogP contribution < -0.4 is 0 Å². The van der Waals surface area contributed by atoms with Crippen molar-refractivity contribution < 1.29 is 9.18 Å². The zero-order chi connectivity index (χ0) is 18.8. The first-order chi connectivity index (χ1) is 13.1. The van der Waals surface area contributed by atoms with Gasteiger partial charge < -0.3 is 4.90 Å². The molecule has 1 atom stereocenters. The van der Waals surface area contributed by atoms with Gasteiger partial charge in [-0.25, -0.2) is 4.39 Å². The molecule has 1 aliphatic heterocycles. The van der Waals surface area contributed by atoms with Crippen LogP contribution in [0.4, 0.5) is 4.39 Å². The molecule has 0 aliphatic carbocycles. The van der Waals surface area contributed by atoms with Crippen LogP contribution in [0.25, 0.3) is 10.8 Å². The summed E-state index contributed by atoms with van der Waals surface area (Å²) in [6, 6.07) is 18.7. The summed E-state index contributed by atoms with van der Waals surface area (Å²) < 4.78 is 13.4. The quantitative estimate of drug-likeness (QED) is 0.580. The van der Waals surface area contributed by atoms with Crippen molar-refractivity contribution in [3.63, 3.8) is 0 Å². The van der Waals surface area contributed by atoms with E-state index in [-0.39, 0.29) is 5.78 Å². The Bertz CT molecular complexity index is 981. The molecule has 1 fully saturated rings. The van der Waals surface area contributed by atoms with Gasteiger partial charge in [-0.2, -0.15) is 0 Å². The van der Waals surface area contributed by atoms with E-state index in [0.717, 1.165) is 23.7 Å². The van der Waals surface area contributed by atoms with Gasteiger partial charge in [0.1, 0.15) is 5.82 Å². The van der Waals surface area contributed by atoms with Crippen LogP contribution in [0, 0.1) is 5.82 Å². The Labute approximate surface area is 159 Å². The summed E-state index contributed by atoms with van der Waals surface area (Å²) in [5.74, 6) is -0.540. The monoisotopic (exact) mass is 361 g/mol. The molecule has 3 heteroatoms. The molecule has 0 radical (unpaired) electrons. The Kier molecular flexibility index (Phi) is 5.04. The highest BCUT2D eigenvalue weighted by Crippen LogP contribution is 2.22. The first-order valence-corrected chi connectivity index (χ1v) is 9.67. The summed E-state index contributed by atoms with van der Waals surface area (Å²) >= 11 is 0. The minimum absolute atomic E-state index is 0.150. The molecule has 4 rings (SSSR count). The number of carbonyl (C=O) groups is 1. The number of hydrogen-bond donors (Lipinski definition) is 0. The summed E-state index contributed by atoms with van der Waals surface area (Å²) in [4.78, 5) is 15.2. The van der Waals surface area contributed by atoms with Crippen molar-refractivity contribution in [1.29, 1.82) is 0 Å². The molecular weight excluding hydrogens is 337 g/mol. The summed E-state index contributed by atoms with van der Waals surface area (Å²) in [6.07, 6.45) is 3.66. The van der Waals surface area contributed by atoms with E-state index in [2.05, 4.69) is 30.0 Å². The van der Waals surface area contributed by atoms with Crippen molar-refractivity contribution in [3.8, 4) is 0 Å². The van der Waals surface area contributed by atoms with Crippen LogP contribution in [0.3, 0.4) is 0 Å². The summed E-state index contributed by atoms with van der Waals surface area (Å²) in [5.41, 5.74) is 2.29. The molecule has 0 saturated carbocycles.